The van der Waals surface area contributed by atoms with Crippen molar-refractivity contribution in [3.63, 3.8) is 0 Å². The van der Waals surface area contributed by atoms with Gasteiger partial charge in [-0.3, -0.25) is 5.10 Å². The van der Waals surface area contributed by atoms with Crippen LogP contribution in [0.4, 0.5) is 0 Å². The minimum absolute atomic E-state index is 0.478. The number of halogens is 1. The lowest BCUT2D eigenvalue weighted by atomic mass is 10.2. The van der Waals surface area contributed by atoms with Crippen molar-refractivity contribution < 1.29 is 9.47 Å². The molecule has 1 aromatic carbocycles. The number of benzene rings is 1. The fourth-order valence-corrected chi connectivity index (χ4v) is 3.00. The molecule has 6 nitrogen and oxygen atoms in total. The molecule has 0 radical (unpaired) electrons. The van der Waals surface area contributed by atoms with Crippen LogP contribution < -0.4 is 9.47 Å². The molecule has 0 amide bonds. The van der Waals surface area contributed by atoms with E-state index in [1.165, 1.54) is 0 Å². The summed E-state index contributed by atoms with van der Waals surface area (Å²) in [5, 5.41) is 11.5. The minimum atomic E-state index is 0.478. The Morgan fingerprint density at radius 2 is 2.08 bits per heavy atom. The fourth-order valence-electron chi connectivity index (χ4n) is 2.22. The molecule has 0 aliphatic heterocycles. The normalized spacial score (nSPS) is 11.2. The standard InChI is InChI=1S/C17H23BrN4O2S/c1-4-7-15-20-21-17(25)22(15)19-11-12-9-13(18)16(24-8-5-2)14(10-12)23-6-3/h9-11H,4-8H2,1-3H3,(H,21,25)/b19-11-. The number of H-pyrrole nitrogens is 1. The minimum Gasteiger partial charge on any atom is -0.490 e. The Kier molecular flexibility index (Phi) is 7.64. The first-order valence-electron chi connectivity index (χ1n) is 8.40. The zero-order valence-corrected chi connectivity index (χ0v) is 17.1. The van der Waals surface area contributed by atoms with E-state index in [1.54, 1.807) is 10.9 Å². The number of hydrogen-bond donors (Lipinski definition) is 1. The Bertz CT molecular complexity index is 785. The number of nitrogens with one attached hydrogen (secondary N) is 1. The summed E-state index contributed by atoms with van der Waals surface area (Å²) in [5.41, 5.74) is 0.879. The van der Waals surface area contributed by atoms with E-state index >= 15 is 0 Å². The molecule has 0 atom stereocenters. The zero-order valence-electron chi connectivity index (χ0n) is 14.7. The van der Waals surface area contributed by atoms with Gasteiger partial charge in [-0.15, -0.1) is 0 Å². The first kappa shape index (κ1) is 19.7. The summed E-state index contributed by atoms with van der Waals surface area (Å²) in [6.45, 7) is 7.30. The molecule has 0 unspecified atom stereocenters. The Balaban J connectivity index is 2.33. The van der Waals surface area contributed by atoms with Gasteiger partial charge < -0.3 is 9.47 Å². The molecule has 1 N–H and O–H groups in total. The van der Waals surface area contributed by atoms with Crippen molar-refractivity contribution in [2.75, 3.05) is 13.2 Å². The van der Waals surface area contributed by atoms with Crippen molar-refractivity contribution >= 4 is 34.4 Å². The maximum atomic E-state index is 5.79. The molecule has 1 aromatic heterocycles. The molecular weight excluding hydrogens is 404 g/mol. The Morgan fingerprint density at radius 1 is 1.28 bits per heavy atom. The second kappa shape index (κ2) is 9.72. The van der Waals surface area contributed by atoms with Crippen LogP contribution in [0, 0.1) is 4.77 Å². The molecule has 0 bridgehead atoms. The highest BCUT2D eigenvalue weighted by molar-refractivity contribution is 9.10. The molecular formula is C17H23BrN4O2S. The third-order valence-corrected chi connectivity index (χ3v) is 4.15. The second-order valence-electron chi connectivity index (χ2n) is 5.36. The lowest BCUT2D eigenvalue weighted by molar-refractivity contribution is 0.275. The zero-order chi connectivity index (χ0) is 18.2. The molecule has 25 heavy (non-hydrogen) atoms. The van der Waals surface area contributed by atoms with Crippen LogP contribution in [-0.2, 0) is 6.42 Å². The summed E-state index contributed by atoms with van der Waals surface area (Å²) >= 11 is 8.80. The van der Waals surface area contributed by atoms with Gasteiger partial charge in [0.05, 0.1) is 23.9 Å². The van der Waals surface area contributed by atoms with Crippen LogP contribution in [-0.4, -0.2) is 34.3 Å². The average molecular weight is 427 g/mol. The Hall–Kier alpha value is -1.67. The fraction of sp³-hybridized carbons (Fsp3) is 0.471. The third-order valence-electron chi connectivity index (χ3n) is 3.30. The number of aromatic nitrogens is 3. The van der Waals surface area contributed by atoms with E-state index < -0.39 is 0 Å². The Labute approximate surface area is 161 Å². The van der Waals surface area contributed by atoms with E-state index in [2.05, 4.69) is 45.1 Å². The molecule has 0 saturated carbocycles. The molecule has 8 heteroatoms. The van der Waals surface area contributed by atoms with E-state index in [0.717, 1.165) is 35.1 Å². The summed E-state index contributed by atoms with van der Waals surface area (Å²) in [6.07, 6.45) is 4.45. The molecule has 136 valence electrons. The quantitative estimate of drug-likeness (QED) is 0.465. The maximum Gasteiger partial charge on any atom is 0.216 e. The number of nitrogens with zero attached hydrogens (tertiary/aromatic N) is 3. The van der Waals surface area contributed by atoms with Gasteiger partial charge in [0.1, 0.15) is 0 Å². The Morgan fingerprint density at radius 3 is 2.76 bits per heavy atom. The average Bonchev–Trinajstić information content (AvgIpc) is 2.93. The lowest BCUT2D eigenvalue weighted by Crippen LogP contribution is -2.02. The monoisotopic (exact) mass is 426 g/mol. The predicted molar refractivity (Wildman–Crippen MR) is 105 cm³/mol. The molecule has 0 aliphatic rings. The van der Waals surface area contributed by atoms with Gasteiger partial charge in [0.15, 0.2) is 17.3 Å². The van der Waals surface area contributed by atoms with Crippen molar-refractivity contribution in [2.45, 2.75) is 40.0 Å². The van der Waals surface area contributed by atoms with E-state index in [1.807, 2.05) is 19.1 Å². The SMILES string of the molecule is CCCOc1c(Br)cc(/C=N\n2c(CCC)n[nH]c2=S)cc1OCC. The van der Waals surface area contributed by atoms with Crippen molar-refractivity contribution in [3.05, 3.63) is 32.8 Å². The molecule has 0 aliphatic carbocycles. The first-order chi connectivity index (χ1) is 12.1. The van der Waals surface area contributed by atoms with E-state index in [-0.39, 0.29) is 0 Å². The molecule has 0 fully saturated rings. The summed E-state index contributed by atoms with van der Waals surface area (Å²) in [7, 11) is 0. The highest BCUT2D eigenvalue weighted by Gasteiger charge is 2.12. The van der Waals surface area contributed by atoms with Gasteiger partial charge in [0, 0.05) is 6.42 Å². The summed E-state index contributed by atoms with van der Waals surface area (Å²) in [5.74, 6) is 2.22. The van der Waals surface area contributed by atoms with E-state index in [9.17, 15) is 0 Å². The van der Waals surface area contributed by atoms with Gasteiger partial charge in [-0.2, -0.15) is 14.9 Å². The topological polar surface area (TPSA) is 64.4 Å². The van der Waals surface area contributed by atoms with Crippen LogP contribution in [0.5, 0.6) is 11.5 Å². The van der Waals surface area contributed by atoms with Gasteiger partial charge >= 0.3 is 0 Å². The van der Waals surface area contributed by atoms with Gasteiger partial charge in [-0.1, -0.05) is 13.8 Å². The largest absolute Gasteiger partial charge is 0.490 e. The van der Waals surface area contributed by atoms with Crippen molar-refractivity contribution in [1.29, 1.82) is 0 Å². The van der Waals surface area contributed by atoms with Gasteiger partial charge in [0.25, 0.3) is 0 Å². The number of ether oxygens (including phenoxy) is 2. The van der Waals surface area contributed by atoms with Crippen molar-refractivity contribution in [1.82, 2.24) is 14.9 Å². The van der Waals surface area contributed by atoms with Crippen LogP contribution >= 0.6 is 28.1 Å². The molecule has 0 saturated heterocycles. The molecule has 0 spiro atoms. The molecule has 1 heterocycles. The van der Waals surface area contributed by atoms with Gasteiger partial charge in [-0.05, 0) is 65.6 Å². The molecule has 2 rings (SSSR count). The number of aryl methyl sites for hydroxylation is 1. The number of aromatic amines is 1. The summed E-state index contributed by atoms with van der Waals surface area (Å²) in [6, 6.07) is 3.85. The number of hydrogen-bond acceptors (Lipinski definition) is 5. The van der Waals surface area contributed by atoms with Crippen LogP contribution in [0.25, 0.3) is 0 Å². The highest BCUT2D eigenvalue weighted by Crippen LogP contribution is 2.36. The van der Waals surface area contributed by atoms with Crippen LogP contribution in [0.1, 0.15) is 45.0 Å². The summed E-state index contributed by atoms with van der Waals surface area (Å²) in [4.78, 5) is 0. The predicted octanol–water partition coefficient (Wildman–Crippen LogP) is 4.73. The smallest absolute Gasteiger partial charge is 0.216 e. The van der Waals surface area contributed by atoms with Crippen LogP contribution in [0.3, 0.4) is 0 Å². The van der Waals surface area contributed by atoms with Crippen molar-refractivity contribution in [2.24, 2.45) is 5.10 Å². The van der Waals surface area contributed by atoms with E-state index in [4.69, 9.17) is 21.7 Å². The summed E-state index contributed by atoms with van der Waals surface area (Å²) < 4.78 is 14.5. The lowest BCUT2D eigenvalue weighted by Gasteiger charge is -2.14. The van der Waals surface area contributed by atoms with Gasteiger partial charge in [-0.25, -0.2) is 0 Å². The molecule has 2 aromatic rings. The van der Waals surface area contributed by atoms with Crippen molar-refractivity contribution in [3.8, 4) is 11.5 Å². The van der Waals surface area contributed by atoms with E-state index in [0.29, 0.717) is 29.5 Å². The van der Waals surface area contributed by atoms with Crippen LogP contribution in [0.15, 0.2) is 21.7 Å². The van der Waals surface area contributed by atoms with Crippen LogP contribution in [0.2, 0.25) is 0 Å². The van der Waals surface area contributed by atoms with Gasteiger partial charge in [0.2, 0.25) is 4.77 Å². The first-order valence-corrected chi connectivity index (χ1v) is 9.60. The highest BCUT2D eigenvalue weighted by atomic mass is 79.9. The second-order valence-corrected chi connectivity index (χ2v) is 6.60. The maximum absolute atomic E-state index is 5.79. The third kappa shape index (κ3) is 5.15. The number of rotatable bonds is 9.